The number of benzene rings is 8. The van der Waals surface area contributed by atoms with E-state index in [0.29, 0.717) is 0 Å². The first-order valence-corrected chi connectivity index (χ1v) is 16.6. The van der Waals surface area contributed by atoms with E-state index < -0.39 is 0 Å². The molecule has 0 aliphatic heterocycles. The minimum absolute atomic E-state index is 0.865. The average molecular weight is 615 g/mol. The first-order chi connectivity index (χ1) is 23.8. The molecule has 226 valence electrons. The molecule has 0 fully saturated rings. The number of fused-ring (bicyclic) bond motifs is 8. The first kappa shape index (κ1) is 27.0. The maximum atomic E-state index is 6.27. The molecule has 0 aliphatic carbocycles. The largest absolute Gasteiger partial charge is 0.456 e. The van der Waals surface area contributed by atoms with Crippen molar-refractivity contribution in [3.05, 3.63) is 157 Å². The molecule has 10 rings (SSSR count). The molecule has 0 amide bonds. The lowest BCUT2D eigenvalue weighted by atomic mass is 9.85. The van der Waals surface area contributed by atoms with Gasteiger partial charge in [-0.05, 0) is 97.0 Å². The molecule has 0 unspecified atom stereocenters. The molecular formula is C45H30N2O. The third-order valence-corrected chi connectivity index (χ3v) is 9.94. The number of imidazole rings is 1. The Balaban J connectivity index is 1.20. The summed E-state index contributed by atoms with van der Waals surface area (Å²) < 4.78 is 8.56. The Morgan fingerprint density at radius 2 is 1.10 bits per heavy atom. The average Bonchev–Trinajstić information content (AvgIpc) is 3.72. The molecule has 0 N–H and O–H groups in total. The van der Waals surface area contributed by atoms with E-state index in [1.165, 1.54) is 60.0 Å². The molecule has 3 heteroatoms. The molecule has 0 radical (unpaired) electrons. The van der Waals surface area contributed by atoms with Gasteiger partial charge in [-0.2, -0.15) is 0 Å². The fraction of sp³-hybridized carbons (Fsp3) is 0.0444. The van der Waals surface area contributed by atoms with Crippen LogP contribution in [0.15, 0.2) is 156 Å². The zero-order valence-electron chi connectivity index (χ0n) is 26.4. The summed E-state index contributed by atoms with van der Waals surface area (Å²) in [6.45, 7) is 2.17. The summed E-state index contributed by atoms with van der Waals surface area (Å²) in [4.78, 5) is 4.91. The van der Waals surface area contributed by atoms with E-state index in [4.69, 9.17) is 9.40 Å². The molecule has 48 heavy (non-hydrogen) atoms. The SMILES string of the molecule is CCc1nc2ccccc2n1-c1ccc(-c2c3ccccc3c(-c3ccc4ccc5oc6ccccc6c5c4c3)c3ccccc23)cc1. The normalized spacial score (nSPS) is 11.9. The Hall–Kier alpha value is -6.19. The van der Waals surface area contributed by atoms with E-state index in [-0.39, 0.29) is 0 Å². The third-order valence-electron chi connectivity index (χ3n) is 9.94. The van der Waals surface area contributed by atoms with Crippen molar-refractivity contribution in [2.24, 2.45) is 0 Å². The predicted molar refractivity (Wildman–Crippen MR) is 201 cm³/mol. The summed E-state index contributed by atoms with van der Waals surface area (Å²) in [6, 6.07) is 54.7. The van der Waals surface area contributed by atoms with Gasteiger partial charge in [0.25, 0.3) is 0 Å². The quantitative estimate of drug-likeness (QED) is 0.185. The lowest BCUT2D eigenvalue weighted by Gasteiger charge is -2.18. The van der Waals surface area contributed by atoms with E-state index >= 15 is 0 Å². The van der Waals surface area contributed by atoms with Gasteiger partial charge in [0, 0.05) is 22.9 Å². The minimum Gasteiger partial charge on any atom is -0.456 e. The van der Waals surface area contributed by atoms with E-state index in [2.05, 4.69) is 157 Å². The van der Waals surface area contributed by atoms with Crippen LogP contribution in [-0.4, -0.2) is 9.55 Å². The third kappa shape index (κ3) is 3.91. The highest BCUT2D eigenvalue weighted by Gasteiger charge is 2.19. The highest BCUT2D eigenvalue weighted by molar-refractivity contribution is 6.23. The summed E-state index contributed by atoms with van der Waals surface area (Å²) in [5, 5.41) is 9.72. The van der Waals surface area contributed by atoms with Gasteiger partial charge >= 0.3 is 0 Å². The van der Waals surface area contributed by atoms with Crippen LogP contribution in [0, 0.1) is 0 Å². The van der Waals surface area contributed by atoms with Crippen molar-refractivity contribution in [3.63, 3.8) is 0 Å². The Morgan fingerprint density at radius 3 is 1.81 bits per heavy atom. The van der Waals surface area contributed by atoms with Gasteiger partial charge in [0.15, 0.2) is 0 Å². The van der Waals surface area contributed by atoms with E-state index in [1.54, 1.807) is 0 Å². The van der Waals surface area contributed by atoms with Crippen molar-refractivity contribution in [1.29, 1.82) is 0 Å². The molecule has 8 aromatic carbocycles. The van der Waals surface area contributed by atoms with Crippen LogP contribution in [0.2, 0.25) is 0 Å². The molecule has 0 atom stereocenters. The molecule has 0 saturated heterocycles. The fourth-order valence-electron chi connectivity index (χ4n) is 7.83. The first-order valence-electron chi connectivity index (χ1n) is 16.6. The van der Waals surface area contributed by atoms with E-state index in [1.807, 2.05) is 6.07 Å². The number of nitrogens with zero attached hydrogens (tertiary/aromatic N) is 2. The maximum absolute atomic E-state index is 6.27. The van der Waals surface area contributed by atoms with Gasteiger partial charge in [0.2, 0.25) is 0 Å². The summed E-state index contributed by atoms with van der Waals surface area (Å²) in [7, 11) is 0. The van der Waals surface area contributed by atoms with Gasteiger partial charge in [0.1, 0.15) is 17.0 Å². The van der Waals surface area contributed by atoms with Crippen molar-refractivity contribution in [2.75, 3.05) is 0 Å². The Morgan fingerprint density at radius 1 is 0.521 bits per heavy atom. The van der Waals surface area contributed by atoms with Crippen molar-refractivity contribution >= 4 is 65.3 Å². The zero-order chi connectivity index (χ0) is 31.8. The van der Waals surface area contributed by atoms with Gasteiger partial charge in [-0.15, -0.1) is 0 Å². The topological polar surface area (TPSA) is 31.0 Å². The van der Waals surface area contributed by atoms with E-state index in [0.717, 1.165) is 45.5 Å². The van der Waals surface area contributed by atoms with Crippen LogP contribution in [0.1, 0.15) is 12.7 Å². The zero-order valence-corrected chi connectivity index (χ0v) is 26.4. The number of aryl methyl sites for hydroxylation is 1. The number of furan rings is 1. The molecule has 0 spiro atoms. The highest BCUT2D eigenvalue weighted by Crippen LogP contribution is 2.45. The van der Waals surface area contributed by atoms with Crippen LogP contribution in [0.25, 0.3) is 93.2 Å². The molecule has 2 heterocycles. The monoisotopic (exact) mass is 614 g/mol. The van der Waals surface area contributed by atoms with Gasteiger partial charge in [-0.1, -0.05) is 116 Å². The number of rotatable bonds is 4. The molecule has 0 aliphatic rings. The van der Waals surface area contributed by atoms with Crippen LogP contribution >= 0.6 is 0 Å². The van der Waals surface area contributed by atoms with Gasteiger partial charge < -0.3 is 4.42 Å². The fourth-order valence-corrected chi connectivity index (χ4v) is 7.83. The smallest absolute Gasteiger partial charge is 0.136 e. The molecule has 10 aromatic rings. The number of hydrogen-bond acceptors (Lipinski definition) is 2. The second-order valence-electron chi connectivity index (χ2n) is 12.6. The summed E-state index contributed by atoms with van der Waals surface area (Å²) in [5.41, 5.74) is 10.0. The van der Waals surface area contributed by atoms with Crippen molar-refractivity contribution in [3.8, 4) is 27.9 Å². The standard InChI is InChI=1S/C45H30N2O/c1-2-42-46-38-16-8-9-17-39(38)47(42)31-24-21-29(22-25-31)43-32-11-3-5-13-34(32)44(35-14-6-4-12-33(35)43)30-20-19-28-23-26-41-45(37(28)27-30)36-15-7-10-18-40(36)48-41/h3-27H,2H2,1H3. The lowest BCUT2D eigenvalue weighted by molar-refractivity contribution is 0.669. The maximum Gasteiger partial charge on any atom is 0.136 e. The predicted octanol–water partition coefficient (Wildman–Crippen LogP) is 12.3. The number of hydrogen-bond donors (Lipinski definition) is 0. The van der Waals surface area contributed by atoms with Crippen molar-refractivity contribution < 1.29 is 4.42 Å². The van der Waals surface area contributed by atoms with Gasteiger partial charge in [0.05, 0.1) is 11.0 Å². The summed E-state index contributed by atoms with van der Waals surface area (Å²) in [5.74, 6) is 1.07. The number of para-hydroxylation sites is 3. The molecule has 3 nitrogen and oxygen atoms in total. The minimum atomic E-state index is 0.865. The van der Waals surface area contributed by atoms with Crippen molar-refractivity contribution in [1.82, 2.24) is 9.55 Å². The molecule has 0 saturated carbocycles. The van der Waals surface area contributed by atoms with Crippen LogP contribution in [0.4, 0.5) is 0 Å². The highest BCUT2D eigenvalue weighted by atomic mass is 16.3. The molecule has 0 bridgehead atoms. The van der Waals surface area contributed by atoms with E-state index in [9.17, 15) is 0 Å². The van der Waals surface area contributed by atoms with Gasteiger partial charge in [-0.25, -0.2) is 4.98 Å². The molecule has 2 aromatic heterocycles. The van der Waals surface area contributed by atoms with Crippen molar-refractivity contribution in [2.45, 2.75) is 13.3 Å². The Bertz CT molecular complexity index is 2820. The van der Waals surface area contributed by atoms with Crippen LogP contribution in [-0.2, 0) is 6.42 Å². The second kappa shape index (κ2) is 10.4. The number of aromatic nitrogens is 2. The van der Waals surface area contributed by atoms with Crippen LogP contribution in [0.3, 0.4) is 0 Å². The lowest BCUT2D eigenvalue weighted by Crippen LogP contribution is -2.00. The Labute approximate surface area is 277 Å². The molecular weight excluding hydrogens is 585 g/mol. The Kier molecular flexibility index (Phi) is 5.85. The van der Waals surface area contributed by atoms with Crippen LogP contribution in [0.5, 0.6) is 0 Å². The summed E-state index contributed by atoms with van der Waals surface area (Å²) in [6.07, 6.45) is 0.865. The van der Waals surface area contributed by atoms with Crippen LogP contribution < -0.4 is 0 Å². The summed E-state index contributed by atoms with van der Waals surface area (Å²) >= 11 is 0. The van der Waals surface area contributed by atoms with Gasteiger partial charge in [-0.3, -0.25) is 4.57 Å². The second-order valence-corrected chi connectivity index (χ2v) is 12.6.